The summed E-state index contributed by atoms with van der Waals surface area (Å²) in [4.78, 5) is 2.14. The minimum absolute atomic E-state index is 0.467. The average Bonchev–Trinajstić information content (AvgIpc) is 2.47. The molecule has 13 heavy (non-hydrogen) atoms. The highest BCUT2D eigenvalue weighted by molar-refractivity contribution is 5.59. The largest absolute Gasteiger partial charge is 0.382 e. The van der Waals surface area contributed by atoms with Crippen LogP contribution >= 0.6 is 0 Å². The number of likely N-dealkylation sites (N-methyl/N-ethyl adjacent to an activating group) is 1. The van der Waals surface area contributed by atoms with E-state index < -0.39 is 0 Å². The Bertz CT molecular complexity index is 255. The van der Waals surface area contributed by atoms with Crippen molar-refractivity contribution in [2.24, 2.45) is 0 Å². The predicted molar refractivity (Wildman–Crippen MR) is 54.6 cm³/mol. The molecule has 1 rings (SSSR count). The maximum absolute atomic E-state index is 5.61. The Hall–Kier alpha value is -1.23. The van der Waals surface area contributed by atoms with E-state index in [0.717, 1.165) is 12.2 Å². The second-order valence-corrected chi connectivity index (χ2v) is 3.39. The molecule has 0 aliphatic rings. The van der Waals surface area contributed by atoms with Crippen LogP contribution in [-0.2, 0) is 0 Å². The fourth-order valence-corrected chi connectivity index (χ4v) is 0.877. The first-order chi connectivity index (χ1) is 6.11. The fraction of sp³-hybridized carbons (Fsp3) is 0.625. The lowest BCUT2D eigenvalue weighted by Crippen LogP contribution is -2.31. The van der Waals surface area contributed by atoms with Crippen molar-refractivity contribution in [3.05, 3.63) is 6.20 Å². The molecule has 0 spiro atoms. The van der Waals surface area contributed by atoms with Gasteiger partial charge in [-0.05, 0) is 21.0 Å². The topological polar surface area (TPSA) is 70.0 Å². The second kappa shape index (κ2) is 4.13. The summed E-state index contributed by atoms with van der Waals surface area (Å²) in [5.74, 6) is 0.589. The maximum atomic E-state index is 5.61. The number of nitrogen functional groups attached to an aromatic ring is 1. The zero-order valence-electron chi connectivity index (χ0n) is 8.33. The number of rotatable bonds is 4. The van der Waals surface area contributed by atoms with Gasteiger partial charge in [-0.25, -0.2) is 0 Å². The average molecular weight is 183 g/mol. The van der Waals surface area contributed by atoms with Crippen molar-refractivity contribution < 1.29 is 0 Å². The molecular formula is C8H17N5. The van der Waals surface area contributed by atoms with Crippen LogP contribution in [0.25, 0.3) is 0 Å². The van der Waals surface area contributed by atoms with E-state index in [4.69, 9.17) is 5.73 Å². The quantitative estimate of drug-likeness (QED) is 0.630. The van der Waals surface area contributed by atoms with Crippen LogP contribution in [0.2, 0.25) is 0 Å². The van der Waals surface area contributed by atoms with E-state index in [-0.39, 0.29) is 0 Å². The molecule has 1 heterocycles. The predicted octanol–water partition coefficient (Wildman–Crippen LogP) is 0.354. The molecule has 1 atom stereocenters. The van der Waals surface area contributed by atoms with Crippen LogP contribution in [0, 0.1) is 0 Å². The number of hydrogen-bond acceptors (Lipinski definition) is 4. The molecule has 4 N–H and O–H groups in total. The van der Waals surface area contributed by atoms with Gasteiger partial charge in [0.25, 0.3) is 0 Å². The van der Waals surface area contributed by atoms with Crippen molar-refractivity contribution in [3.8, 4) is 0 Å². The van der Waals surface area contributed by atoms with E-state index in [0.29, 0.717) is 11.9 Å². The third-order valence-electron chi connectivity index (χ3n) is 2.14. The molecule has 0 saturated carbocycles. The third kappa shape index (κ3) is 2.62. The van der Waals surface area contributed by atoms with Crippen LogP contribution in [-0.4, -0.2) is 41.8 Å². The van der Waals surface area contributed by atoms with Gasteiger partial charge in [-0.1, -0.05) is 0 Å². The number of anilines is 2. The monoisotopic (exact) mass is 183 g/mol. The van der Waals surface area contributed by atoms with Crippen LogP contribution < -0.4 is 11.1 Å². The molecular weight excluding hydrogens is 166 g/mol. The number of aromatic nitrogens is 2. The normalized spacial score (nSPS) is 13.2. The van der Waals surface area contributed by atoms with Gasteiger partial charge in [0.05, 0.1) is 11.9 Å². The third-order valence-corrected chi connectivity index (χ3v) is 2.14. The first kappa shape index (κ1) is 9.85. The Morgan fingerprint density at radius 1 is 1.69 bits per heavy atom. The molecule has 1 aromatic heterocycles. The Morgan fingerprint density at radius 2 is 2.38 bits per heavy atom. The van der Waals surface area contributed by atoms with Crippen molar-refractivity contribution >= 4 is 11.5 Å². The first-order valence-corrected chi connectivity index (χ1v) is 4.30. The fourth-order valence-electron chi connectivity index (χ4n) is 0.877. The molecule has 0 bridgehead atoms. The molecule has 1 aromatic rings. The molecule has 0 aliphatic heterocycles. The van der Waals surface area contributed by atoms with Gasteiger partial charge in [0.15, 0.2) is 0 Å². The van der Waals surface area contributed by atoms with Crippen molar-refractivity contribution in [2.45, 2.75) is 13.0 Å². The minimum Gasteiger partial charge on any atom is -0.382 e. The first-order valence-electron chi connectivity index (χ1n) is 4.30. The van der Waals surface area contributed by atoms with E-state index in [9.17, 15) is 0 Å². The molecule has 0 amide bonds. The SMILES string of the molecule is CC(CNc1cn[nH]c1N)N(C)C. The van der Waals surface area contributed by atoms with Gasteiger partial charge in [-0.2, -0.15) is 5.10 Å². The number of H-pyrrole nitrogens is 1. The maximum Gasteiger partial charge on any atom is 0.142 e. The summed E-state index contributed by atoms with van der Waals surface area (Å²) < 4.78 is 0. The van der Waals surface area contributed by atoms with Crippen molar-refractivity contribution in [1.29, 1.82) is 0 Å². The van der Waals surface area contributed by atoms with Gasteiger partial charge in [-0.3, -0.25) is 5.10 Å². The second-order valence-electron chi connectivity index (χ2n) is 3.39. The Morgan fingerprint density at radius 3 is 2.85 bits per heavy atom. The summed E-state index contributed by atoms with van der Waals surface area (Å²) >= 11 is 0. The zero-order valence-corrected chi connectivity index (χ0v) is 8.33. The van der Waals surface area contributed by atoms with Crippen LogP contribution in [0.15, 0.2) is 6.20 Å². The van der Waals surface area contributed by atoms with Crippen molar-refractivity contribution in [3.63, 3.8) is 0 Å². The van der Waals surface area contributed by atoms with Gasteiger partial charge in [0.1, 0.15) is 5.82 Å². The number of aromatic amines is 1. The highest BCUT2D eigenvalue weighted by Gasteiger charge is 2.05. The number of hydrogen-bond donors (Lipinski definition) is 3. The van der Waals surface area contributed by atoms with Gasteiger partial charge in [0.2, 0.25) is 0 Å². The summed E-state index contributed by atoms with van der Waals surface area (Å²) in [6, 6.07) is 0.467. The smallest absolute Gasteiger partial charge is 0.142 e. The minimum atomic E-state index is 0.467. The number of nitrogens with one attached hydrogen (secondary N) is 2. The van der Waals surface area contributed by atoms with E-state index in [1.807, 2.05) is 14.1 Å². The Balaban J connectivity index is 2.39. The van der Waals surface area contributed by atoms with Gasteiger partial charge in [0, 0.05) is 12.6 Å². The molecule has 0 saturated heterocycles. The van der Waals surface area contributed by atoms with Crippen LogP contribution in [0.3, 0.4) is 0 Å². The molecule has 0 radical (unpaired) electrons. The highest BCUT2D eigenvalue weighted by Crippen LogP contribution is 2.12. The molecule has 5 heteroatoms. The summed E-state index contributed by atoms with van der Waals surface area (Å²) in [5.41, 5.74) is 6.48. The van der Waals surface area contributed by atoms with Crippen LogP contribution in [0.5, 0.6) is 0 Å². The molecule has 5 nitrogen and oxygen atoms in total. The Labute approximate surface area is 78.3 Å². The van der Waals surface area contributed by atoms with Crippen LogP contribution in [0.4, 0.5) is 11.5 Å². The summed E-state index contributed by atoms with van der Waals surface area (Å²) in [7, 11) is 4.09. The van der Waals surface area contributed by atoms with Gasteiger partial charge in [-0.15, -0.1) is 0 Å². The lowest BCUT2D eigenvalue weighted by molar-refractivity contribution is 0.326. The summed E-state index contributed by atoms with van der Waals surface area (Å²) in [6.07, 6.45) is 1.69. The van der Waals surface area contributed by atoms with E-state index in [1.54, 1.807) is 6.20 Å². The summed E-state index contributed by atoms with van der Waals surface area (Å²) in [5, 5.41) is 9.71. The molecule has 0 aliphatic carbocycles. The zero-order chi connectivity index (χ0) is 9.84. The lowest BCUT2D eigenvalue weighted by atomic mass is 10.3. The number of nitrogens with zero attached hydrogens (tertiary/aromatic N) is 2. The molecule has 0 fully saturated rings. The highest BCUT2D eigenvalue weighted by atomic mass is 15.2. The van der Waals surface area contributed by atoms with Gasteiger partial charge >= 0.3 is 0 Å². The standard InChI is InChI=1S/C8H17N5/c1-6(13(2)3)4-10-7-5-11-12-8(7)9/h5-6,10H,4H2,1-3H3,(H3,9,11,12). The lowest BCUT2D eigenvalue weighted by Gasteiger charge is -2.20. The number of nitrogens with two attached hydrogens (primary N) is 1. The molecule has 74 valence electrons. The van der Waals surface area contributed by atoms with Crippen LogP contribution in [0.1, 0.15) is 6.92 Å². The van der Waals surface area contributed by atoms with E-state index in [1.165, 1.54) is 0 Å². The Kier molecular flexibility index (Phi) is 3.13. The van der Waals surface area contributed by atoms with Crippen molar-refractivity contribution in [1.82, 2.24) is 15.1 Å². The summed E-state index contributed by atoms with van der Waals surface area (Å²) in [6.45, 7) is 3.00. The van der Waals surface area contributed by atoms with Crippen molar-refractivity contribution in [2.75, 3.05) is 31.7 Å². The molecule has 1 unspecified atom stereocenters. The van der Waals surface area contributed by atoms with E-state index in [2.05, 4.69) is 27.3 Å². The molecule has 0 aromatic carbocycles. The van der Waals surface area contributed by atoms with E-state index >= 15 is 0 Å². The van der Waals surface area contributed by atoms with Gasteiger partial charge < -0.3 is 16.0 Å².